The summed E-state index contributed by atoms with van der Waals surface area (Å²) in [6, 6.07) is 17.9. The molecule has 0 aliphatic carbocycles. The van der Waals surface area contributed by atoms with Crippen molar-refractivity contribution in [1.29, 1.82) is 0 Å². The smallest absolute Gasteiger partial charge is 0.319 e. The highest BCUT2D eigenvalue weighted by Gasteiger charge is 2.52. The third-order valence-corrected chi connectivity index (χ3v) is 5.05. The first-order chi connectivity index (χ1) is 13.5. The summed E-state index contributed by atoms with van der Waals surface area (Å²) in [4.78, 5) is 41.4. The second-order valence-corrected chi connectivity index (χ2v) is 6.82. The lowest BCUT2D eigenvalue weighted by molar-refractivity contribution is -0.134. The molecule has 1 aliphatic rings. The number of carbonyl (C=O) groups excluding carboxylic acids is 3. The molecule has 0 spiro atoms. The van der Waals surface area contributed by atoms with Crippen molar-refractivity contribution in [3.8, 4) is 0 Å². The third kappa shape index (κ3) is 3.50. The van der Waals surface area contributed by atoms with Crippen LogP contribution in [0, 0.1) is 0 Å². The van der Waals surface area contributed by atoms with E-state index < -0.39 is 11.6 Å². The number of para-hydroxylation sites is 1. The molecule has 1 N–H and O–H groups in total. The van der Waals surface area contributed by atoms with Crippen LogP contribution in [-0.2, 0) is 15.1 Å². The Labute approximate surface area is 165 Å². The molecule has 1 aliphatic heterocycles. The van der Waals surface area contributed by atoms with Gasteiger partial charge in [-0.3, -0.25) is 14.5 Å². The Morgan fingerprint density at radius 1 is 1.00 bits per heavy atom. The van der Waals surface area contributed by atoms with E-state index >= 15 is 0 Å². The number of carbonyl (C=O) groups is 3. The first-order valence-electron chi connectivity index (χ1n) is 9.58. The quantitative estimate of drug-likeness (QED) is 0.751. The number of hydrogen-bond donors (Lipinski definition) is 1. The van der Waals surface area contributed by atoms with Crippen LogP contribution in [0.4, 0.5) is 10.5 Å². The monoisotopic (exact) mass is 379 g/mol. The Balaban J connectivity index is 1.86. The molecule has 0 aromatic heterocycles. The van der Waals surface area contributed by atoms with Crippen molar-refractivity contribution in [3.05, 3.63) is 66.2 Å². The average molecular weight is 379 g/mol. The molecule has 146 valence electrons. The normalized spacial score (nSPS) is 18.9. The molecule has 1 heterocycles. The van der Waals surface area contributed by atoms with Crippen LogP contribution in [0.5, 0.6) is 0 Å². The van der Waals surface area contributed by atoms with Crippen LogP contribution in [0.2, 0.25) is 0 Å². The Morgan fingerprint density at radius 2 is 1.61 bits per heavy atom. The summed E-state index contributed by atoms with van der Waals surface area (Å²) < 4.78 is 0. The Kier molecular flexibility index (Phi) is 5.78. The highest BCUT2D eigenvalue weighted by atomic mass is 16.2. The lowest BCUT2D eigenvalue weighted by Gasteiger charge is -2.27. The number of hydrogen-bond acceptors (Lipinski definition) is 3. The highest BCUT2D eigenvalue weighted by Crippen LogP contribution is 2.33. The SMILES string of the molecule is CCC[C@]1(c2ccccc2)NC(=O)N(CC(=O)N(CC)c2ccccc2)C1=O. The molecule has 1 atom stereocenters. The maximum Gasteiger partial charge on any atom is 0.325 e. The minimum absolute atomic E-state index is 0.286. The van der Waals surface area contributed by atoms with Crippen molar-refractivity contribution in [2.24, 2.45) is 0 Å². The van der Waals surface area contributed by atoms with Gasteiger partial charge in [-0.25, -0.2) is 4.79 Å². The minimum atomic E-state index is -1.11. The van der Waals surface area contributed by atoms with E-state index in [1.54, 1.807) is 4.90 Å². The number of imide groups is 1. The second-order valence-electron chi connectivity index (χ2n) is 6.82. The van der Waals surface area contributed by atoms with Gasteiger partial charge in [0.25, 0.3) is 5.91 Å². The fourth-order valence-corrected chi connectivity index (χ4v) is 3.71. The molecule has 0 unspecified atom stereocenters. The molecule has 2 aromatic carbocycles. The molecule has 28 heavy (non-hydrogen) atoms. The summed E-state index contributed by atoms with van der Waals surface area (Å²) >= 11 is 0. The van der Waals surface area contributed by atoms with E-state index in [0.717, 1.165) is 16.2 Å². The van der Waals surface area contributed by atoms with Crippen LogP contribution >= 0.6 is 0 Å². The van der Waals surface area contributed by atoms with Gasteiger partial charge in [0.15, 0.2) is 0 Å². The number of benzene rings is 2. The van der Waals surface area contributed by atoms with Gasteiger partial charge in [-0.05, 0) is 31.0 Å². The van der Waals surface area contributed by atoms with Gasteiger partial charge in [-0.15, -0.1) is 0 Å². The summed E-state index contributed by atoms with van der Waals surface area (Å²) in [6.45, 7) is 3.99. The average Bonchev–Trinajstić information content (AvgIpc) is 2.95. The van der Waals surface area contributed by atoms with E-state index in [1.165, 1.54) is 0 Å². The number of urea groups is 1. The van der Waals surface area contributed by atoms with Crippen LogP contribution in [0.1, 0.15) is 32.3 Å². The van der Waals surface area contributed by atoms with Crippen molar-refractivity contribution >= 4 is 23.5 Å². The van der Waals surface area contributed by atoms with Crippen molar-refractivity contribution in [3.63, 3.8) is 0 Å². The molecule has 2 aromatic rings. The first kappa shape index (κ1) is 19.6. The van der Waals surface area contributed by atoms with E-state index in [0.29, 0.717) is 19.4 Å². The van der Waals surface area contributed by atoms with Crippen molar-refractivity contribution in [2.45, 2.75) is 32.2 Å². The molecule has 6 heteroatoms. The van der Waals surface area contributed by atoms with E-state index in [-0.39, 0.29) is 18.4 Å². The summed E-state index contributed by atoms with van der Waals surface area (Å²) in [5.74, 6) is -0.666. The molecule has 3 rings (SSSR count). The first-order valence-corrected chi connectivity index (χ1v) is 9.58. The summed E-state index contributed by atoms with van der Waals surface area (Å²) in [6.07, 6.45) is 1.19. The molecule has 6 nitrogen and oxygen atoms in total. The number of amides is 4. The zero-order valence-electron chi connectivity index (χ0n) is 16.2. The molecule has 1 fully saturated rings. The van der Waals surface area contributed by atoms with E-state index in [9.17, 15) is 14.4 Å². The topological polar surface area (TPSA) is 69.7 Å². The predicted octanol–water partition coefficient (Wildman–Crippen LogP) is 3.29. The fraction of sp³-hybridized carbons (Fsp3) is 0.318. The van der Waals surface area contributed by atoms with E-state index in [2.05, 4.69) is 5.32 Å². The van der Waals surface area contributed by atoms with Gasteiger partial charge < -0.3 is 10.2 Å². The fourth-order valence-electron chi connectivity index (χ4n) is 3.71. The van der Waals surface area contributed by atoms with Crippen LogP contribution in [0.15, 0.2) is 60.7 Å². The number of rotatable bonds is 7. The largest absolute Gasteiger partial charge is 0.325 e. The molecular formula is C22H25N3O3. The maximum absolute atomic E-state index is 13.3. The number of anilines is 1. The van der Waals surface area contributed by atoms with E-state index in [1.807, 2.05) is 74.5 Å². The minimum Gasteiger partial charge on any atom is -0.319 e. The summed E-state index contributed by atoms with van der Waals surface area (Å²) in [5, 5.41) is 2.85. The summed E-state index contributed by atoms with van der Waals surface area (Å²) in [7, 11) is 0. The molecule has 4 amide bonds. The van der Waals surface area contributed by atoms with Crippen LogP contribution < -0.4 is 10.2 Å². The Hall–Kier alpha value is -3.15. The van der Waals surface area contributed by atoms with Gasteiger partial charge in [-0.1, -0.05) is 61.9 Å². The lowest BCUT2D eigenvalue weighted by atomic mass is 9.85. The van der Waals surface area contributed by atoms with Crippen molar-refractivity contribution < 1.29 is 14.4 Å². The van der Waals surface area contributed by atoms with Gasteiger partial charge in [0.1, 0.15) is 12.1 Å². The van der Waals surface area contributed by atoms with Crippen molar-refractivity contribution in [1.82, 2.24) is 10.2 Å². The highest BCUT2D eigenvalue weighted by molar-refractivity contribution is 6.10. The molecule has 0 radical (unpaired) electrons. The van der Waals surface area contributed by atoms with Gasteiger partial charge >= 0.3 is 6.03 Å². The van der Waals surface area contributed by atoms with Crippen LogP contribution in [-0.4, -0.2) is 35.8 Å². The Morgan fingerprint density at radius 3 is 2.18 bits per heavy atom. The van der Waals surface area contributed by atoms with Gasteiger partial charge in [-0.2, -0.15) is 0 Å². The number of nitrogens with zero attached hydrogens (tertiary/aromatic N) is 2. The second kappa shape index (κ2) is 8.25. The van der Waals surface area contributed by atoms with Gasteiger partial charge in [0, 0.05) is 12.2 Å². The summed E-state index contributed by atoms with van der Waals surface area (Å²) in [5.41, 5.74) is 0.363. The molecule has 0 bridgehead atoms. The zero-order chi connectivity index (χ0) is 20.1. The van der Waals surface area contributed by atoms with Crippen molar-refractivity contribution in [2.75, 3.05) is 18.0 Å². The number of nitrogens with one attached hydrogen (secondary N) is 1. The van der Waals surface area contributed by atoms with Gasteiger partial charge in [0.05, 0.1) is 0 Å². The molecule has 1 saturated heterocycles. The number of likely N-dealkylation sites (N-methyl/N-ethyl adjacent to an activating group) is 1. The lowest BCUT2D eigenvalue weighted by Crippen LogP contribution is -2.46. The zero-order valence-corrected chi connectivity index (χ0v) is 16.2. The van der Waals surface area contributed by atoms with E-state index in [4.69, 9.17) is 0 Å². The van der Waals surface area contributed by atoms with Crippen LogP contribution in [0.3, 0.4) is 0 Å². The molecular weight excluding hydrogens is 354 g/mol. The molecule has 0 saturated carbocycles. The third-order valence-electron chi connectivity index (χ3n) is 5.05. The Bertz CT molecular complexity index is 854. The van der Waals surface area contributed by atoms with Crippen LogP contribution in [0.25, 0.3) is 0 Å². The predicted molar refractivity (Wildman–Crippen MR) is 108 cm³/mol. The van der Waals surface area contributed by atoms with Gasteiger partial charge in [0.2, 0.25) is 5.91 Å². The maximum atomic E-state index is 13.3. The standard InChI is InChI=1S/C22H25N3O3/c1-3-15-22(17-11-7-5-8-12-17)20(27)25(21(28)23-22)16-19(26)24(4-2)18-13-9-6-10-14-18/h5-14H,3-4,15-16H2,1-2H3,(H,23,28)/t22-/m1/s1.